The van der Waals surface area contributed by atoms with Crippen LogP contribution in [-0.4, -0.2) is 72.0 Å². The van der Waals surface area contributed by atoms with Crippen molar-refractivity contribution >= 4 is 41.4 Å². The molecule has 11 nitrogen and oxygen atoms in total. The van der Waals surface area contributed by atoms with Gasteiger partial charge in [0.2, 0.25) is 5.91 Å². The third kappa shape index (κ3) is 5.69. The maximum Gasteiger partial charge on any atom is 0.303 e. The van der Waals surface area contributed by atoms with Gasteiger partial charge in [-0.25, -0.2) is 0 Å². The molecule has 1 aromatic heterocycles. The van der Waals surface area contributed by atoms with Crippen molar-refractivity contribution in [1.29, 1.82) is 5.41 Å². The molecule has 0 bridgehead atoms. The highest BCUT2D eigenvalue weighted by Gasteiger charge is 2.68. The van der Waals surface area contributed by atoms with Crippen molar-refractivity contribution in [3.05, 3.63) is 63.5 Å². The van der Waals surface area contributed by atoms with Crippen molar-refractivity contribution in [2.45, 2.75) is 94.8 Å². The summed E-state index contributed by atoms with van der Waals surface area (Å²) in [6, 6.07) is -0.661. The van der Waals surface area contributed by atoms with E-state index in [2.05, 4.69) is 34.4 Å². The Bertz CT molecular complexity index is 1570. The molecule has 242 valence electrons. The predicted octanol–water partition coefficient (Wildman–Crippen LogP) is 4.16. The summed E-state index contributed by atoms with van der Waals surface area (Å²) in [6.45, 7) is 13.7. The first-order chi connectivity index (χ1) is 21.2. The van der Waals surface area contributed by atoms with E-state index in [-0.39, 0.29) is 70.7 Å². The van der Waals surface area contributed by atoms with Crippen LogP contribution in [0.4, 0.5) is 0 Å². The number of aliphatic carboxylic acids is 2. The molecular formula is C33H43N5O6S. The highest BCUT2D eigenvalue weighted by molar-refractivity contribution is 8.08. The summed E-state index contributed by atoms with van der Waals surface area (Å²) in [5.41, 5.74) is 6.40. The van der Waals surface area contributed by atoms with Crippen LogP contribution in [0.5, 0.6) is 0 Å². The molecule has 2 saturated heterocycles. The summed E-state index contributed by atoms with van der Waals surface area (Å²) in [5.74, 6) is -1.99. The van der Waals surface area contributed by atoms with E-state index in [1.54, 1.807) is 17.8 Å². The van der Waals surface area contributed by atoms with E-state index in [1.807, 2.05) is 33.8 Å². The van der Waals surface area contributed by atoms with Crippen molar-refractivity contribution in [2.24, 2.45) is 11.8 Å². The van der Waals surface area contributed by atoms with Crippen LogP contribution in [0.1, 0.15) is 75.9 Å². The number of carboxylic acids is 2. The number of H-pyrrole nitrogens is 1. The molecule has 8 N–H and O–H groups in total. The van der Waals surface area contributed by atoms with Crippen molar-refractivity contribution < 1.29 is 29.7 Å². The Kier molecular flexibility index (Phi) is 8.74. The van der Waals surface area contributed by atoms with Crippen LogP contribution in [0.3, 0.4) is 0 Å². The lowest BCUT2D eigenvalue weighted by molar-refractivity contribution is -0.138. The van der Waals surface area contributed by atoms with E-state index < -0.39 is 18.0 Å². The van der Waals surface area contributed by atoms with Gasteiger partial charge in [0.05, 0.1) is 28.1 Å². The summed E-state index contributed by atoms with van der Waals surface area (Å²) in [7, 11) is 0. The number of thioether (sulfide) groups is 1. The number of carboxylic acid groups (broad SMARTS) is 2. The largest absolute Gasteiger partial charge is 0.495 e. The zero-order chi connectivity index (χ0) is 33.0. The number of aromatic amines is 1. The van der Waals surface area contributed by atoms with Gasteiger partial charge in [0.15, 0.2) is 5.88 Å². The first-order valence-electron chi connectivity index (χ1n) is 15.4. The second-order valence-electron chi connectivity index (χ2n) is 12.7. The smallest absolute Gasteiger partial charge is 0.303 e. The number of nitrogens with one attached hydrogen (secondary N) is 5. The fourth-order valence-electron chi connectivity index (χ4n) is 7.40. The highest BCUT2D eigenvalue weighted by atomic mass is 32.2. The molecule has 1 aromatic rings. The molecule has 45 heavy (non-hydrogen) atoms. The summed E-state index contributed by atoms with van der Waals surface area (Å²) in [6.07, 6.45) is 4.59. The van der Waals surface area contributed by atoms with Crippen molar-refractivity contribution in [3.63, 3.8) is 0 Å². The number of amides is 1. The lowest BCUT2D eigenvalue weighted by Crippen LogP contribution is -2.43. The SMILES string of the molecule is C=CC1=C(O)N[C@H](CC2N/C(=C\c3[nH]c(C(=N)C4NC(=O)[C@H](C)[C@]45SC5C)c(C)c3CCC(=O)O)C(CCC(=O)O)=C2C)C1C. The van der Waals surface area contributed by atoms with Crippen molar-refractivity contribution in [1.82, 2.24) is 20.9 Å². The van der Waals surface area contributed by atoms with Crippen LogP contribution >= 0.6 is 11.8 Å². The van der Waals surface area contributed by atoms with E-state index in [0.29, 0.717) is 24.2 Å². The van der Waals surface area contributed by atoms with E-state index >= 15 is 0 Å². The van der Waals surface area contributed by atoms with Crippen molar-refractivity contribution in [2.75, 3.05) is 0 Å². The third-order valence-electron chi connectivity index (χ3n) is 10.3. The monoisotopic (exact) mass is 637 g/mol. The Morgan fingerprint density at radius 3 is 2.29 bits per heavy atom. The fourth-order valence-corrected chi connectivity index (χ4v) is 8.91. The summed E-state index contributed by atoms with van der Waals surface area (Å²) < 4.78 is -0.379. The Balaban J connectivity index is 1.50. The van der Waals surface area contributed by atoms with Crippen LogP contribution < -0.4 is 16.0 Å². The number of aliphatic hydroxyl groups excluding tert-OH is 1. The minimum atomic E-state index is -0.934. The van der Waals surface area contributed by atoms with Gasteiger partial charge in [0.1, 0.15) is 0 Å². The quantitative estimate of drug-likeness (QED) is 0.123. The number of carbonyl (C=O) groups excluding carboxylic acids is 1. The standard InChI is InChI=1S/C33H43N5O6S/c1-7-19-14(2)23(37-32(19)44)12-22-15(3)20(8-10-26(39)40)24(35-22)13-25-21(9-11-27(41)42)16(4)29(36-25)28(34)30-33(18(6)45-33)17(5)31(43)38-30/h7,13-14,17-18,22-23,30,34-37,44H,1,8-12H2,2-6H3,(H,38,43)(H,39,40)(H,41,42)/b24-13-,34-28?/t14?,17-,18?,22?,23+,30?,33+/m0/s1. The minimum Gasteiger partial charge on any atom is -0.495 e. The van der Waals surface area contributed by atoms with Gasteiger partial charge in [-0.1, -0.05) is 33.4 Å². The number of allylic oxidation sites excluding steroid dienone is 2. The Morgan fingerprint density at radius 1 is 1.07 bits per heavy atom. The Hall–Kier alpha value is -3.93. The van der Waals surface area contributed by atoms with Crippen LogP contribution in [0, 0.1) is 24.2 Å². The second kappa shape index (κ2) is 12.1. The van der Waals surface area contributed by atoms with Crippen LogP contribution in [-0.2, 0) is 20.8 Å². The molecule has 2 fully saturated rings. The predicted molar refractivity (Wildman–Crippen MR) is 174 cm³/mol. The average Bonchev–Trinajstić information content (AvgIpc) is 3.12. The second-order valence-corrected chi connectivity index (χ2v) is 14.3. The number of aromatic nitrogens is 1. The molecule has 1 amide bonds. The summed E-state index contributed by atoms with van der Waals surface area (Å²) >= 11 is 1.70. The van der Waals surface area contributed by atoms with Gasteiger partial charge in [-0.2, -0.15) is 0 Å². The van der Waals surface area contributed by atoms with E-state index in [0.717, 1.165) is 33.5 Å². The van der Waals surface area contributed by atoms with E-state index in [9.17, 15) is 35.1 Å². The van der Waals surface area contributed by atoms with Gasteiger partial charge in [-0.15, -0.1) is 11.8 Å². The zero-order valence-corrected chi connectivity index (χ0v) is 27.2. The van der Waals surface area contributed by atoms with Gasteiger partial charge in [-0.05, 0) is 61.5 Å². The maximum absolute atomic E-state index is 12.7. The lowest BCUT2D eigenvalue weighted by Gasteiger charge is -2.23. The topological polar surface area (TPSA) is 188 Å². The number of carbonyl (C=O) groups is 3. The highest BCUT2D eigenvalue weighted by Crippen LogP contribution is 2.62. The van der Waals surface area contributed by atoms with Crippen LogP contribution in [0.2, 0.25) is 0 Å². The molecule has 4 aliphatic heterocycles. The van der Waals surface area contributed by atoms with Gasteiger partial charge in [-0.3, -0.25) is 14.4 Å². The Labute approximate surface area is 267 Å². The van der Waals surface area contributed by atoms with Gasteiger partial charge < -0.3 is 41.7 Å². The van der Waals surface area contributed by atoms with Crippen molar-refractivity contribution in [3.8, 4) is 0 Å². The van der Waals surface area contributed by atoms with Gasteiger partial charge in [0, 0.05) is 53.1 Å². The molecule has 0 radical (unpaired) electrons. The first-order valence-corrected chi connectivity index (χ1v) is 16.3. The van der Waals surface area contributed by atoms with Gasteiger partial charge >= 0.3 is 11.9 Å². The molecule has 4 unspecified atom stereocenters. The van der Waals surface area contributed by atoms with Crippen LogP contribution in [0.25, 0.3) is 6.08 Å². The number of rotatable bonds is 12. The lowest BCUT2D eigenvalue weighted by atomic mass is 9.85. The van der Waals surface area contributed by atoms with E-state index in [4.69, 9.17) is 0 Å². The summed E-state index contributed by atoms with van der Waals surface area (Å²) in [4.78, 5) is 39.3. The normalized spacial score (nSPS) is 31.4. The first kappa shape index (κ1) is 32.5. The number of hydrogen-bond donors (Lipinski definition) is 8. The molecule has 5 heterocycles. The number of aliphatic hydroxyl groups is 1. The average molecular weight is 638 g/mol. The zero-order valence-electron chi connectivity index (χ0n) is 26.3. The molecule has 0 saturated carbocycles. The number of hydrogen-bond acceptors (Lipinski definition) is 8. The maximum atomic E-state index is 12.7. The molecule has 4 aliphatic rings. The molecule has 12 heteroatoms. The third-order valence-corrected chi connectivity index (χ3v) is 12.1. The molecular weight excluding hydrogens is 594 g/mol. The van der Waals surface area contributed by atoms with Gasteiger partial charge in [0.25, 0.3) is 0 Å². The Morgan fingerprint density at radius 2 is 1.71 bits per heavy atom. The van der Waals surface area contributed by atoms with E-state index in [1.165, 1.54) is 0 Å². The molecule has 0 aromatic carbocycles. The summed E-state index contributed by atoms with van der Waals surface area (Å²) in [5, 5.41) is 48.6. The molecule has 1 spiro atoms. The van der Waals surface area contributed by atoms with Crippen LogP contribution in [0.15, 0.2) is 41.0 Å². The minimum absolute atomic E-state index is 0.0317. The molecule has 7 atom stereocenters. The molecule has 0 aliphatic carbocycles. The molecule has 5 rings (SSSR count). The fraction of sp³-hybridized carbons (Fsp3) is 0.515.